The van der Waals surface area contributed by atoms with Crippen molar-refractivity contribution in [1.82, 2.24) is 5.32 Å². The van der Waals surface area contributed by atoms with Crippen molar-refractivity contribution in [3.63, 3.8) is 0 Å². The molecule has 1 atom stereocenters. The molecule has 0 bridgehead atoms. The van der Waals surface area contributed by atoms with E-state index in [0.29, 0.717) is 12.3 Å². The lowest BCUT2D eigenvalue weighted by Crippen LogP contribution is -2.30. The number of carbonyl (C=O) groups excluding carboxylic acids is 1. The van der Waals surface area contributed by atoms with E-state index >= 15 is 0 Å². The summed E-state index contributed by atoms with van der Waals surface area (Å²) in [6.45, 7) is 5.96. The molecule has 0 saturated carbocycles. The summed E-state index contributed by atoms with van der Waals surface area (Å²) >= 11 is 0. The standard InChI is InChI=1S/C11H23NO3S/c1-4-6-10(3)9-11(13)12-7-8-16(14,15)5-2/h10H,4-9H2,1-3H3,(H,12,13). The van der Waals surface area contributed by atoms with Gasteiger partial charge >= 0.3 is 0 Å². The summed E-state index contributed by atoms with van der Waals surface area (Å²) in [7, 11) is -2.97. The van der Waals surface area contributed by atoms with E-state index in [9.17, 15) is 13.2 Å². The van der Waals surface area contributed by atoms with Crippen LogP contribution in [0.3, 0.4) is 0 Å². The Morgan fingerprint density at radius 2 is 1.94 bits per heavy atom. The fourth-order valence-corrected chi connectivity index (χ4v) is 2.18. The van der Waals surface area contributed by atoms with Crippen molar-refractivity contribution in [1.29, 1.82) is 0 Å². The molecular formula is C11H23NO3S. The van der Waals surface area contributed by atoms with Gasteiger partial charge in [-0.15, -0.1) is 0 Å². The Morgan fingerprint density at radius 3 is 2.44 bits per heavy atom. The number of nitrogens with one attached hydrogen (secondary N) is 1. The third-order valence-electron chi connectivity index (χ3n) is 2.49. The SMILES string of the molecule is CCCC(C)CC(=O)NCCS(=O)(=O)CC. The summed E-state index contributed by atoms with van der Waals surface area (Å²) in [5, 5.41) is 2.64. The molecule has 0 aromatic heterocycles. The molecule has 0 saturated heterocycles. The zero-order chi connectivity index (χ0) is 12.6. The van der Waals surface area contributed by atoms with E-state index < -0.39 is 9.84 Å². The van der Waals surface area contributed by atoms with Crippen molar-refractivity contribution in [2.45, 2.75) is 40.0 Å². The second-order valence-electron chi connectivity index (χ2n) is 4.18. The predicted molar refractivity (Wildman–Crippen MR) is 66.0 cm³/mol. The second kappa shape index (κ2) is 7.65. The molecule has 0 spiro atoms. The molecule has 0 aliphatic rings. The van der Waals surface area contributed by atoms with Gasteiger partial charge in [0.15, 0.2) is 9.84 Å². The molecule has 1 unspecified atom stereocenters. The molecule has 16 heavy (non-hydrogen) atoms. The topological polar surface area (TPSA) is 63.2 Å². The van der Waals surface area contributed by atoms with Crippen molar-refractivity contribution in [3.05, 3.63) is 0 Å². The number of carbonyl (C=O) groups is 1. The Kier molecular flexibility index (Phi) is 7.38. The van der Waals surface area contributed by atoms with Gasteiger partial charge in [-0.2, -0.15) is 0 Å². The van der Waals surface area contributed by atoms with Crippen LogP contribution in [0.2, 0.25) is 0 Å². The highest BCUT2D eigenvalue weighted by Gasteiger charge is 2.10. The van der Waals surface area contributed by atoms with Crippen LogP contribution >= 0.6 is 0 Å². The summed E-state index contributed by atoms with van der Waals surface area (Å²) in [5.41, 5.74) is 0. The van der Waals surface area contributed by atoms with Crippen LogP contribution in [-0.2, 0) is 14.6 Å². The van der Waals surface area contributed by atoms with E-state index in [4.69, 9.17) is 0 Å². The van der Waals surface area contributed by atoms with E-state index in [2.05, 4.69) is 12.2 Å². The number of hydrogen-bond acceptors (Lipinski definition) is 3. The van der Waals surface area contributed by atoms with E-state index in [-0.39, 0.29) is 24.0 Å². The molecule has 0 aliphatic carbocycles. The maximum absolute atomic E-state index is 11.4. The van der Waals surface area contributed by atoms with Gasteiger partial charge in [0.25, 0.3) is 0 Å². The zero-order valence-corrected chi connectivity index (χ0v) is 11.3. The molecule has 0 heterocycles. The molecule has 0 rings (SSSR count). The van der Waals surface area contributed by atoms with Crippen LogP contribution in [0.5, 0.6) is 0 Å². The summed E-state index contributed by atoms with van der Waals surface area (Å²) in [6.07, 6.45) is 2.58. The highest BCUT2D eigenvalue weighted by atomic mass is 32.2. The maximum atomic E-state index is 11.4. The van der Waals surface area contributed by atoms with Crippen LogP contribution in [0.4, 0.5) is 0 Å². The zero-order valence-electron chi connectivity index (χ0n) is 10.5. The van der Waals surface area contributed by atoms with Gasteiger partial charge in [-0.05, 0) is 5.92 Å². The van der Waals surface area contributed by atoms with Gasteiger partial charge in [0.1, 0.15) is 0 Å². The number of sulfone groups is 1. The minimum Gasteiger partial charge on any atom is -0.355 e. The summed E-state index contributed by atoms with van der Waals surface area (Å²) in [5.74, 6) is 0.493. The third kappa shape index (κ3) is 7.68. The Morgan fingerprint density at radius 1 is 1.31 bits per heavy atom. The van der Waals surface area contributed by atoms with E-state index in [0.717, 1.165) is 12.8 Å². The molecule has 1 amide bonds. The molecule has 0 aromatic carbocycles. The fraction of sp³-hybridized carbons (Fsp3) is 0.909. The highest BCUT2D eigenvalue weighted by molar-refractivity contribution is 7.91. The molecule has 5 heteroatoms. The first-order valence-electron chi connectivity index (χ1n) is 5.88. The van der Waals surface area contributed by atoms with E-state index in [1.165, 1.54) is 0 Å². The van der Waals surface area contributed by atoms with Crippen LogP contribution in [0, 0.1) is 5.92 Å². The summed E-state index contributed by atoms with van der Waals surface area (Å²) < 4.78 is 22.3. The molecule has 4 nitrogen and oxygen atoms in total. The lowest BCUT2D eigenvalue weighted by molar-refractivity contribution is -0.121. The second-order valence-corrected chi connectivity index (χ2v) is 6.66. The van der Waals surface area contributed by atoms with Gasteiger partial charge in [0, 0.05) is 18.7 Å². The molecular weight excluding hydrogens is 226 g/mol. The van der Waals surface area contributed by atoms with Gasteiger partial charge < -0.3 is 5.32 Å². The maximum Gasteiger partial charge on any atom is 0.220 e. The molecule has 1 N–H and O–H groups in total. The first kappa shape index (κ1) is 15.4. The van der Waals surface area contributed by atoms with Crippen LogP contribution < -0.4 is 5.32 Å². The minimum absolute atomic E-state index is 0.0391. The number of hydrogen-bond donors (Lipinski definition) is 1. The average Bonchev–Trinajstić information content (AvgIpc) is 2.17. The third-order valence-corrected chi connectivity index (χ3v) is 4.20. The van der Waals surface area contributed by atoms with Gasteiger partial charge in [0.05, 0.1) is 5.75 Å². The minimum atomic E-state index is -2.97. The molecule has 0 aromatic rings. The van der Waals surface area contributed by atoms with Crippen molar-refractivity contribution in [3.8, 4) is 0 Å². The molecule has 0 radical (unpaired) electrons. The predicted octanol–water partition coefficient (Wildman–Crippen LogP) is 1.36. The average molecular weight is 249 g/mol. The van der Waals surface area contributed by atoms with Crippen molar-refractivity contribution in [2.75, 3.05) is 18.1 Å². The largest absolute Gasteiger partial charge is 0.355 e. The lowest BCUT2D eigenvalue weighted by atomic mass is 10.0. The number of amides is 1. The first-order valence-corrected chi connectivity index (χ1v) is 7.70. The summed E-state index contributed by atoms with van der Waals surface area (Å²) in [4.78, 5) is 11.4. The van der Waals surface area contributed by atoms with Gasteiger partial charge in [-0.1, -0.05) is 33.6 Å². The van der Waals surface area contributed by atoms with Crippen molar-refractivity contribution >= 4 is 15.7 Å². The Bertz CT molecular complexity index is 298. The fourth-order valence-electron chi connectivity index (χ4n) is 1.47. The quantitative estimate of drug-likeness (QED) is 0.706. The Balaban J connectivity index is 3.74. The summed E-state index contributed by atoms with van der Waals surface area (Å²) in [6, 6.07) is 0. The van der Waals surface area contributed by atoms with Crippen molar-refractivity contribution in [2.24, 2.45) is 5.92 Å². The van der Waals surface area contributed by atoms with Crippen molar-refractivity contribution < 1.29 is 13.2 Å². The molecule has 0 fully saturated rings. The Labute approximate surface area is 98.7 Å². The molecule has 0 aliphatic heterocycles. The van der Waals surface area contributed by atoms with Gasteiger partial charge in [-0.3, -0.25) is 4.79 Å². The monoisotopic (exact) mass is 249 g/mol. The van der Waals surface area contributed by atoms with Crippen LogP contribution in [0.25, 0.3) is 0 Å². The van der Waals surface area contributed by atoms with Crippen LogP contribution in [-0.4, -0.2) is 32.4 Å². The highest BCUT2D eigenvalue weighted by Crippen LogP contribution is 2.08. The smallest absolute Gasteiger partial charge is 0.220 e. The first-order chi connectivity index (χ1) is 7.41. The van der Waals surface area contributed by atoms with Crippen LogP contribution in [0.15, 0.2) is 0 Å². The number of rotatable bonds is 8. The van der Waals surface area contributed by atoms with E-state index in [1.807, 2.05) is 6.92 Å². The van der Waals surface area contributed by atoms with E-state index in [1.54, 1.807) is 6.92 Å². The lowest BCUT2D eigenvalue weighted by Gasteiger charge is -2.10. The Hall–Kier alpha value is -0.580. The molecule has 96 valence electrons. The van der Waals surface area contributed by atoms with Crippen LogP contribution in [0.1, 0.15) is 40.0 Å². The normalized spacial score (nSPS) is 13.4. The van der Waals surface area contributed by atoms with Gasteiger partial charge in [-0.25, -0.2) is 8.42 Å². The van der Waals surface area contributed by atoms with Gasteiger partial charge in [0.2, 0.25) is 5.91 Å².